The molecule has 2 aromatic heterocycles. The Morgan fingerprint density at radius 1 is 0.286 bits per heavy atom. The molecule has 294 valence electrons. The van der Waals surface area contributed by atoms with Crippen LogP contribution in [0.15, 0.2) is 233 Å². The normalized spacial score (nSPS) is 11.8. The number of rotatable bonds is 6. The summed E-state index contributed by atoms with van der Waals surface area (Å²) in [6, 6.07) is 80.4. The van der Waals surface area contributed by atoms with Gasteiger partial charge in [-0.15, -0.1) is 0 Å². The third kappa shape index (κ3) is 5.75. The smallest absolute Gasteiger partial charge is 0.143 e. The number of nitrogens with zero attached hydrogens (tertiary/aromatic N) is 1. The molecule has 13 aromatic rings. The maximum Gasteiger partial charge on any atom is 0.143 e. The second kappa shape index (κ2) is 14.1. The van der Waals surface area contributed by atoms with E-state index in [1.807, 2.05) is 0 Å². The third-order valence-electron chi connectivity index (χ3n) is 12.8. The molecule has 13 rings (SSSR count). The highest BCUT2D eigenvalue weighted by molar-refractivity contribution is 6.24. The second-order valence-corrected chi connectivity index (χ2v) is 16.4. The number of anilines is 3. The number of fused-ring (bicyclic) bond motifs is 10. The molecule has 0 bridgehead atoms. The van der Waals surface area contributed by atoms with Gasteiger partial charge in [0.05, 0.1) is 11.1 Å². The van der Waals surface area contributed by atoms with Crippen LogP contribution in [0.1, 0.15) is 0 Å². The Bertz CT molecular complexity index is 3830. The first kappa shape index (κ1) is 35.4. The zero-order valence-electron chi connectivity index (χ0n) is 34.1. The fourth-order valence-electron chi connectivity index (χ4n) is 9.77. The number of hydrogen-bond acceptors (Lipinski definition) is 3. The number of hydrogen-bond donors (Lipinski definition) is 0. The van der Waals surface area contributed by atoms with Crippen LogP contribution >= 0.6 is 0 Å². The Balaban J connectivity index is 1.01. The molecule has 0 saturated carbocycles. The lowest BCUT2D eigenvalue weighted by molar-refractivity contribution is 0.670. The average molecular weight is 804 g/mol. The van der Waals surface area contributed by atoms with E-state index in [1.165, 1.54) is 38.2 Å². The second-order valence-electron chi connectivity index (χ2n) is 16.4. The van der Waals surface area contributed by atoms with Crippen molar-refractivity contribution < 1.29 is 8.83 Å². The summed E-state index contributed by atoms with van der Waals surface area (Å²) in [4.78, 5) is 2.39. The first-order chi connectivity index (χ1) is 31.2. The summed E-state index contributed by atoms with van der Waals surface area (Å²) in [7, 11) is 0. The molecule has 0 N–H and O–H groups in total. The zero-order chi connectivity index (χ0) is 41.4. The summed E-state index contributed by atoms with van der Waals surface area (Å²) in [6.07, 6.45) is 0. The first-order valence-electron chi connectivity index (χ1n) is 21.5. The zero-order valence-corrected chi connectivity index (χ0v) is 34.1. The summed E-state index contributed by atoms with van der Waals surface area (Å²) in [5, 5.41) is 11.2. The quantitative estimate of drug-likeness (QED) is 0.168. The molecule has 2 heterocycles. The minimum Gasteiger partial charge on any atom is -0.455 e. The van der Waals surface area contributed by atoms with Gasteiger partial charge in [-0.25, -0.2) is 0 Å². The summed E-state index contributed by atoms with van der Waals surface area (Å²) in [5.41, 5.74) is 13.5. The lowest BCUT2D eigenvalue weighted by atomic mass is 9.93. The molecule has 63 heavy (non-hydrogen) atoms. The molecule has 3 heteroatoms. The topological polar surface area (TPSA) is 29.5 Å². The van der Waals surface area contributed by atoms with Gasteiger partial charge in [0.1, 0.15) is 22.3 Å². The summed E-state index contributed by atoms with van der Waals surface area (Å²) < 4.78 is 13.8. The van der Waals surface area contributed by atoms with Gasteiger partial charge in [0.25, 0.3) is 0 Å². The molecule has 0 unspecified atom stereocenters. The lowest BCUT2D eigenvalue weighted by Gasteiger charge is -2.27. The van der Waals surface area contributed by atoms with Gasteiger partial charge in [0.2, 0.25) is 0 Å². The fourth-order valence-corrected chi connectivity index (χ4v) is 9.77. The van der Waals surface area contributed by atoms with E-state index in [2.05, 4.69) is 229 Å². The lowest BCUT2D eigenvalue weighted by Crippen LogP contribution is -2.10. The predicted molar refractivity (Wildman–Crippen MR) is 265 cm³/mol. The van der Waals surface area contributed by atoms with Crippen LogP contribution < -0.4 is 4.90 Å². The minimum atomic E-state index is 0.836. The van der Waals surface area contributed by atoms with Crippen LogP contribution in [0.4, 0.5) is 17.1 Å². The standard InChI is InChI=1S/C60H37NO2/c1-2-12-38(13-3-1)41-24-26-42(27-25-41)45-30-33-56-53(36-45)51-21-10-20-50(59(51)62-56)52-37-54-58-55(22-11-23-57(58)63-60(54)49-19-9-8-18-48(49)52)61(46-31-28-39-14-4-6-16-43(39)34-46)47-32-29-40-15-5-7-17-44(40)35-47/h1-37H. The van der Waals surface area contributed by atoms with Gasteiger partial charge in [0, 0.05) is 38.5 Å². The molecule has 0 radical (unpaired) electrons. The first-order valence-corrected chi connectivity index (χ1v) is 21.5. The molecular formula is C60H37NO2. The molecule has 0 aliphatic heterocycles. The van der Waals surface area contributed by atoms with E-state index < -0.39 is 0 Å². The van der Waals surface area contributed by atoms with E-state index in [1.54, 1.807) is 0 Å². The Morgan fingerprint density at radius 3 is 1.57 bits per heavy atom. The van der Waals surface area contributed by atoms with Crippen molar-refractivity contribution in [1.29, 1.82) is 0 Å². The minimum absolute atomic E-state index is 0.836. The van der Waals surface area contributed by atoms with Gasteiger partial charge in [-0.2, -0.15) is 0 Å². The summed E-state index contributed by atoms with van der Waals surface area (Å²) in [5.74, 6) is 0. The Labute approximate surface area is 363 Å². The van der Waals surface area contributed by atoms with E-state index in [0.29, 0.717) is 0 Å². The van der Waals surface area contributed by atoms with E-state index in [0.717, 1.165) is 88.4 Å². The Kier molecular flexibility index (Phi) is 7.91. The number of benzene rings is 11. The van der Waals surface area contributed by atoms with Crippen LogP contribution in [0.5, 0.6) is 0 Å². The van der Waals surface area contributed by atoms with Crippen LogP contribution in [0, 0.1) is 0 Å². The van der Waals surface area contributed by atoms with Crippen LogP contribution in [0.25, 0.3) is 110 Å². The SMILES string of the molecule is c1ccc(-c2ccc(-c3ccc4oc5c(-c6cc7c(oc8cccc(N(c9ccc%10ccccc%10c9)c9ccc%10ccccc%10c9)c87)c7ccccc67)cccc5c4c3)cc2)cc1. The molecule has 0 fully saturated rings. The van der Waals surface area contributed by atoms with Crippen LogP contribution in [-0.4, -0.2) is 0 Å². The van der Waals surface area contributed by atoms with Crippen molar-refractivity contribution in [2.45, 2.75) is 0 Å². The average Bonchev–Trinajstić information content (AvgIpc) is 3.93. The largest absolute Gasteiger partial charge is 0.455 e. The highest BCUT2D eigenvalue weighted by Crippen LogP contribution is 2.48. The number of para-hydroxylation sites is 1. The number of furan rings is 2. The monoisotopic (exact) mass is 803 g/mol. The fraction of sp³-hybridized carbons (Fsp3) is 0. The van der Waals surface area contributed by atoms with Gasteiger partial charge in [-0.05, 0) is 109 Å². The van der Waals surface area contributed by atoms with Crippen LogP contribution in [0.2, 0.25) is 0 Å². The molecule has 0 spiro atoms. The molecule has 0 atom stereocenters. The van der Waals surface area contributed by atoms with Crippen molar-refractivity contribution in [3.63, 3.8) is 0 Å². The van der Waals surface area contributed by atoms with E-state index >= 15 is 0 Å². The van der Waals surface area contributed by atoms with Gasteiger partial charge < -0.3 is 13.7 Å². The Hall–Kier alpha value is -8.40. The summed E-state index contributed by atoms with van der Waals surface area (Å²) >= 11 is 0. The van der Waals surface area contributed by atoms with Crippen LogP contribution in [-0.2, 0) is 0 Å². The molecule has 3 nitrogen and oxygen atoms in total. The van der Waals surface area contributed by atoms with Gasteiger partial charge in [0.15, 0.2) is 0 Å². The molecule has 11 aromatic carbocycles. The van der Waals surface area contributed by atoms with Crippen LogP contribution in [0.3, 0.4) is 0 Å². The van der Waals surface area contributed by atoms with Crippen molar-refractivity contribution in [2.75, 3.05) is 4.90 Å². The third-order valence-corrected chi connectivity index (χ3v) is 12.8. The molecule has 0 aliphatic carbocycles. The summed E-state index contributed by atoms with van der Waals surface area (Å²) in [6.45, 7) is 0. The molecule has 0 saturated heterocycles. The predicted octanol–water partition coefficient (Wildman–Crippen LogP) is 17.4. The van der Waals surface area contributed by atoms with E-state index in [4.69, 9.17) is 8.83 Å². The van der Waals surface area contributed by atoms with Crippen molar-refractivity contribution in [2.24, 2.45) is 0 Å². The van der Waals surface area contributed by atoms with Gasteiger partial charge in [-0.3, -0.25) is 0 Å². The van der Waals surface area contributed by atoms with Crippen molar-refractivity contribution in [1.82, 2.24) is 0 Å². The van der Waals surface area contributed by atoms with Crippen molar-refractivity contribution in [3.05, 3.63) is 224 Å². The van der Waals surface area contributed by atoms with Gasteiger partial charge in [-0.1, -0.05) is 170 Å². The highest BCUT2D eigenvalue weighted by atomic mass is 16.3. The molecule has 0 aliphatic rings. The van der Waals surface area contributed by atoms with E-state index in [9.17, 15) is 0 Å². The molecule has 0 amide bonds. The molecular weight excluding hydrogens is 767 g/mol. The van der Waals surface area contributed by atoms with Crippen molar-refractivity contribution in [3.8, 4) is 33.4 Å². The Morgan fingerprint density at radius 2 is 0.841 bits per heavy atom. The maximum absolute atomic E-state index is 6.93. The van der Waals surface area contributed by atoms with E-state index in [-0.39, 0.29) is 0 Å². The highest BCUT2D eigenvalue weighted by Gasteiger charge is 2.23. The van der Waals surface area contributed by atoms with Gasteiger partial charge >= 0.3 is 0 Å². The van der Waals surface area contributed by atoms with Crippen molar-refractivity contribution >= 4 is 93.3 Å². The maximum atomic E-state index is 6.93.